The highest BCUT2D eigenvalue weighted by atomic mass is 19.4. The summed E-state index contributed by atoms with van der Waals surface area (Å²) in [6, 6.07) is 5.72. The minimum Gasteiger partial charge on any atom is -0.399 e. The molecule has 10 heteroatoms. The summed E-state index contributed by atoms with van der Waals surface area (Å²) < 4.78 is 39.5. The lowest BCUT2D eigenvalue weighted by Gasteiger charge is -2.32. The van der Waals surface area contributed by atoms with E-state index < -0.39 is 11.7 Å². The quantitative estimate of drug-likeness (QED) is 0.489. The van der Waals surface area contributed by atoms with Gasteiger partial charge in [0.25, 0.3) is 0 Å². The second-order valence-electron chi connectivity index (χ2n) is 9.58. The standard InChI is InChI=1S/C25H30F3N7/c1-16-4-9-34(10-5-16)22-14-20-21(15-31-22)32-24(35-7-2-8-35)33-23(20)30-6-3-17-11-18(25(26,27)28)13-19(29)12-17/h11-16H,2-10,29H2,1H3,(H,30,32,33). The molecule has 5 rings (SSSR count). The van der Waals surface area contributed by atoms with Gasteiger partial charge in [-0.05, 0) is 61.4 Å². The highest BCUT2D eigenvalue weighted by Gasteiger charge is 2.31. The van der Waals surface area contributed by atoms with Gasteiger partial charge < -0.3 is 20.9 Å². The molecule has 186 valence electrons. The second-order valence-corrected chi connectivity index (χ2v) is 9.58. The SMILES string of the molecule is CC1CCN(c2cc3c(NCCc4cc(N)cc(C(F)(F)F)c4)nc(N4CCC4)nc3cn2)CC1. The second kappa shape index (κ2) is 9.39. The zero-order valence-electron chi connectivity index (χ0n) is 19.8. The van der Waals surface area contributed by atoms with Gasteiger partial charge in [0.15, 0.2) is 0 Å². The molecule has 0 bridgehead atoms. The zero-order chi connectivity index (χ0) is 24.6. The fraction of sp³-hybridized carbons (Fsp3) is 0.480. The Labute approximate surface area is 202 Å². The number of alkyl halides is 3. The van der Waals surface area contributed by atoms with Crippen LogP contribution in [0, 0.1) is 5.92 Å². The first-order chi connectivity index (χ1) is 16.8. The monoisotopic (exact) mass is 485 g/mol. The molecule has 0 amide bonds. The Balaban J connectivity index is 1.40. The van der Waals surface area contributed by atoms with Crippen LogP contribution in [0.15, 0.2) is 30.5 Å². The number of anilines is 4. The van der Waals surface area contributed by atoms with Crippen LogP contribution in [0.4, 0.5) is 36.4 Å². The van der Waals surface area contributed by atoms with Crippen LogP contribution in [-0.4, -0.2) is 47.7 Å². The Morgan fingerprint density at radius 1 is 1.03 bits per heavy atom. The molecule has 1 aromatic carbocycles. The Morgan fingerprint density at radius 3 is 2.49 bits per heavy atom. The van der Waals surface area contributed by atoms with E-state index in [0.29, 0.717) is 30.3 Å². The van der Waals surface area contributed by atoms with E-state index in [9.17, 15) is 13.2 Å². The average Bonchev–Trinajstić information content (AvgIpc) is 2.77. The third-order valence-corrected chi connectivity index (χ3v) is 6.85. The summed E-state index contributed by atoms with van der Waals surface area (Å²) in [6.07, 6.45) is 1.12. The number of benzene rings is 1. The molecule has 0 aliphatic carbocycles. The van der Waals surface area contributed by atoms with Crippen LogP contribution in [0.25, 0.3) is 10.9 Å². The van der Waals surface area contributed by atoms with Gasteiger partial charge in [-0.1, -0.05) is 6.92 Å². The number of piperidine rings is 1. The molecule has 0 unspecified atom stereocenters. The molecule has 0 spiro atoms. The molecule has 2 aromatic heterocycles. The van der Waals surface area contributed by atoms with E-state index in [1.165, 1.54) is 0 Å². The fourth-order valence-corrected chi connectivity index (χ4v) is 4.56. The number of nitrogen functional groups attached to an aromatic ring is 1. The molecule has 2 fully saturated rings. The molecular formula is C25H30F3N7. The first-order valence-electron chi connectivity index (χ1n) is 12.1. The lowest BCUT2D eigenvalue weighted by atomic mass is 9.99. The van der Waals surface area contributed by atoms with E-state index in [-0.39, 0.29) is 5.69 Å². The maximum absolute atomic E-state index is 13.2. The van der Waals surface area contributed by atoms with Crippen LogP contribution in [0.3, 0.4) is 0 Å². The molecule has 2 aliphatic heterocycles. The molecule has 0 radical (unpaired) electrons. The molecular weight excluding hydrogens is 455 g/mol. The average molecular weight is 486 g/mol. The lowest BCUT2D eigenvalue weighted by Crippen LogP contribution is -2.38. The van der Waals surface area contributed by atoms with E-state index in [0.717, 1.165) is 80.2 Å². The predicted molar refractivity (Wildman–Crippen MR) is 133 cm³/mol. The van der Waals surface area contributed by atoms with Crippen LogP contribution in [0.2, 0.25) is 0 Å². The third-order valence-electron chi connectivity index (χ3n) is 6.85. The smallest absolute Gasteiger partial charge is 0.399 e. The van der Waals surface area contributed by atoms with Crippen LogP contribution < -0.4 is 20.9 Å². The van der Waals surface area contributed by atoms with E-state index in [4.69, 9.17) is 15.7 Å². The first kappa shape index (κ1) is 23.4. The predicted octanol–water partition coefficient (Wildman–Crippen LogP) is 4.73. The van der Waals surface area contributed by atoms with Crippen molar-refractivity contribution in [2.75, 3.05) is 53.6 Å². The van der Waals surface area contributed by atoms with Gasteiger partial charge in [0, 0.05) is 43.8 Å². The van der Waals surface area contributed by atoms with Crippen molar-refractivity contribution >= 4 is 34.2 Å². The minimum atomic E-state index is -4.43. The summed E-state index contributed by atoms with van der Waals surface area (Å²) in [4.78, 5) is 18.6. The molecule has 0 saturated carbocycles. The summed E-state index contributed by atoms with van der Waals surface area (Å²) in [5.74, 6) is 2.94. The third kappa shape index (κ3) is 5.21. The number of aromatic nitrogens is 3. The normalized spacial score (nSPS) is 17.0. The Morgan fingerprint density at radius 2 is 1.80 bits per heavy atom. The van der Waals surface area contributed by atoms with Gasteiger partial charge in [0.05, 0.1) is 17.3 Å². The lowest BCUT2D eigenvalue weighted by molar-refractivity contribution is -0.137. The number of nitrogens with one attached hydrogen (secondary N) is 1. The number of halogens is 3. The van der Waals surface area contributed by atoms with Crippen molar-refractivity contribution in [2.24, 2.45) is 5.92 Å². The number of pyridine rings is 1. The number of rotatable bonds is 6. The minimum absolute atomic E-state index is 0.106. The van der Waals surface area contributed by atoms with E-state index in [2.05, 4.69) is 27.0 Å². The largest absolute Gasteiger partial charge is 0.416 e. The Kier molecular flexibility index (Phi) is 6.29. The van der Waals surface area contributed by atoms with E-state index >= 15 is 0 Å². The summed E-state index contributed by atoms with van der Waals surface area (Å²) in [5, 5.41) is 4.21. The maximum atomic E-state index is 13.2. The fourth-order valence-electron chi connectivity index (χ4n) is 4.56. The van der Waals surface area contributed by atoms with Crippen LogP contribution in [0.1, 0.15) is 37.3 Å². The highest BCUT2D eigenvalue weighted by molar-refractivity contribution is 5.91. The molecule has 0 atom stereocenters. The van der Waals surface area contributed by atoms with Gasteiger partial charge in [0.2, 0.25) is 5.95 Å². The molecule has 7 nitrogen and oxygen atoms in total. The molecule has 4 heterocycles. The van der Waals surface area contributed by atoms with Gasteiger partial charge >= 0.3 is 6.18 Å². The number of hydrogen-bond acceptors (Lipinski definition) is 7. The van der Waals surface area contributed by atoms with E-state index in [1.54, 1.807) is 12.3 Å². The zero-order valence-corrected chi connectivity index (χ0v) is 19.8. The van der Waals surface area contributed by atoms with Gasteiger partial charge in [-0.25, -0.2) is 9.97 Å². The van der Waals surface area contributed by atoms with Crippen molar-refractivity contribution in [2.45, 2.75) is 38.8 Å². The number of hydrogen-bond donors (Lipinski definition) is 2. The van der Waals surface area contributed by atoms with Crippen molar-refractivity contribution in [3.05, 3.63) is 41.6 Å². The summed E-state index contributed by atoms with van der Waals surface area (Å²) in [6.45, 7) is 6.43. The molecule has 3 aromatic rings. The van der Waals surface area contributed by atoms with Crippen molar-refractivity contribution in [1.29, 1.82) is 0 Å². The number of nitrogens with two attached hydrogens (primary N) is 1. The number of fused-ring (bicyclic) bond motifs is 1. The maximum Gasteiger partial charge on any atom is 0.416 e. The molecule has 2 aliphatic rings. The van der Waals surface area contributed by atoms with Crippen molar-refractivity contribution in [3.63, 3.8) is 0 Å². The van der Waals surface area contributed by atoms with Gasteiger partial charge in [-0.3, -0.25) is 0 Å². The van der Waals surface area contributed by atoms with Gasteiger partial charge in [-0.15, -0.1) is 0 Å². The summed E-state index contributed by atoms with van der Waals surface area (Å²) >= 11 is 0. The summed E-state index contributed by atoms with van der Waals surface area (Å²) in [5.41, 5.74) is 6.38. The number of nitrogens with zero attached hydrogens (tertiary/aromatic N) is 5. The highest BCUT2D eigenvalue weighted by Crippen LogP contribution is 2.32. The van der Waals surface area contributed by atoms with Gasteiger partial charge in [-0.2, -0.15) is 18.2 Å². The Bertz CT molecular complexity index is 1200. The topological polar surface area (TPSA) is 83.2 Å². The molecule has 35 heavy (non-hydrogen) atoms. The van der Waals surface area contributed by atoms with Crippen LogP contribution in [-0.2, 0) is 12.6 Å². The molecule has 3 N–H and O–H groups in total. The van der Waals surface area contributed by atoms with Crippen molar-refractivity contribution < 1.29 is 13.2 Å². The van der Waals surface area contributed by atoms with Crippen molar-refractivity contribution in [3.8, 4) is 0 Å². The molecule has 2 saturated heterocycles. The first-order valence-corrected chi connectivity index (χ1v) is 12.1. The van der Waals surface area contributed by atoms with Gasteiger partial charge in [0.1, 0.15) is 11.6 Å². The van der Waals surface area contributed by atoms with Crippen LogP contribution in [0.5, 0.6) is 0 Å². The van der Waals surface area contributed by atoms with Crippen LogP contribution >= 0.6 is 0 Å². The van der Waals surface area contributed by atoms with Crippen molar-refractivity contribution in [1.82, 2.24) is 15.0 Å². The summed E-state index contributed by atoms with van der Waals surface area (Å²) in [7, 11) is 0. The van der Waals surface area contributed by atoms with E-state index in [1.807, 2.05) is 6.07 Å². The Hall–Kier alpha value is -3.30.